The summed E-state index contributed by atoms with van der Waals surface area (Å²) in [7, 11) is 0. The molecule has 5 rings (SSSR count). The third-order valence-corrected chi connectivity index (χ3v) is 7.47. The summed E-state index contributed by atoms with van der Waals surface area (Å²) in [6, 6.07) is 4.02. The lowest BCUT2D eigenvalue weighted by atomic mass is 9.48. The summed E-state index contributed by atoms with van der Waals surface area (Å²) in [5, 5.41) is 5.85. The molecule has 0 spiro atoms. The molecule has 4 saturated carbocycles. The zero-order valence-electron chi connectivity index (χ0n) is 14.0. The van der Waals surface area contributed by atoms with Crippen LogP contribution in [0, 0.1) is 23.2 Å². The maximum absolute atomic E-state index is 12.0. The summed E-state index contributed by atoms with van der Waals surface area (Å²) in [5.74, 6) is 2.65. The fraction of sp³-hybridized carbons (Fsp3) is 0.667. The Morgan fingerprint density at radius 1 is 1.21 bits per heavy atom. The van der Waals surface area contributed by atoms with Crippen molar-refractivity contribution in [3.05, 3.63) is 22.4 Å². The summed E-state index contributed by atoms with van der Waals surface area (Å²) in [6.07, 6.45) is 8.38. The van der Waals surface area contributed by atoms with Crippen LogP contribution in [-0.4, -0.2) is 17.1 Å². The predicted octanol–water partition coefficient (Wildman–Crippen LogP) is 3.46. The highest BCUT2D eigenvalue weighted by molar-refractivity contribution is 7.80. The number of carbonyl (C=O) groups is 1. The fourth-order valence-electron chi connectivity index (χ4n) is 5.68. The number of hydrazine groups is 1. The lowest BCUT2D eigenvalue weighted by Gasteiger charge is -2.59. The number of rotatable bonds is 3. The van der Waals surface area contributed by atoms with Gasteiger partial charge < -0.3 is 5.32 Å². The molecule has 6 heteroatoms. The van der Waals surface area contributed by atoms with Gasteiger partial charge in [0.25, 0.3) is 5.91 Å². The van der Waals surface area contributed by atoms with Gasteiger partial charge in [-0.1, -0.05) is 6.07 Å². The molecular weight excluding hydrogens is 338 g/mol. The smallest absolute Gasteiger partial charge is 0.279 e. The fourth-order valence-corrected chi connectivity index (χ4v) is 6.52. The predicted molar refractivity (Wildman–Crippen MR) is 101 cm³/mol. The van der Waals surface area contributed by atoms with E-state index in [1.54, 1.807) is 6.07 Å². The highest BCUT2D eigenvalue weighted by Gasteiger charge is 2.53. The van der Waals surface area contributed by atoms with Gasteiger partial charge in [-0.25, -0.2) is 0 Å². The van der Waals surface area contributed by atoms with Crippen molar-refractivity contribution >= 4 is 34.6 Å². The maximum atomic E-state index is 12.0. The number of thiocarbonyl (C=S) groups is 1. The molecule has 1 aromatic heterocycles. The quantitative estimate of drug-likeness (QED) is 0.569. The molecule has 4 bridgehead atoms. The standard InChI is InChI=1S/C18H25N3OS2/c1-11(18-8-12-5-13(9-18)7-14(6-12)10-18)19-17(23)21-20-16(22)15-3-2-4-24-15/h2-4,11-14H,5-10H2,1H3,(H,20,22)(H2,19,21,23)/t11-,12?,13?,14?,18?/m1/s1. The minimum absolute atomic E-state index is 0.142. The Morgan fingerprint density at radius 2 is 1.83 bits per heavy atom. The third-order valence-electron chi connectivity index (χ3n) is 6.39. The molecule has 130 valence electrons. The minimum Gasteiger partial charge on any atom is -0.358 e. The first kappa shape index (κ1) is 16.3. The Balaban J connectivity index is 1.32. The van der Waals surface area contributed by atoms with E-state index in [0.717, 1.165) is 17.8 Å². The summed E-state index contributed by atoms with van der Waals surface area (Å²) in [5.41, 5.74) is 5.94. The molecule has 0 saturated heterocycles. The van der Waals surface area contributed by atoms with Crippen LogP contribution in [0.2, 0.25) is 0 Å². The Hall–Kier alpha value is -1.14. The molecule has 24 heavy (non-hydrogen) atoms. The van der Waals surface area contributed by atoms with Crippen LogP contribution in [0.1, 0.15) is 55.1 Å². The van der Waals surface area contributed by atoms with Crippen LogP contribution in [0.5, 0.6) is 0 Å². The zero-order chi connectivity index (χ0) is 16.7. The van der Waals surface area contributed by atoms with E-state index in [9.17, 15) is 4.79 Å². The molecule has 1 amide bonds. The van der Waals surface area contributed by atoms with Crippen LogP contribution in [-0.2, 0) is 0 Å². The number of amides is 1. The van der Waals surface area contributed by atoms with E-state index in [0.29, 0.717) is 21.4 Å². The number of carbonyl (C=O) groups excluding carboxylic acids is 1. The first-order valence-corrected chi connectivity index (χ1v) is 10.2. The first-order valence-electron chi connectivity index (χ1n) is 8.94. The second-order valence-corrected chi connectivity index (χ2v) is 9.39. The summed E-state index contributed by atoms with van der Waals surface area (Å²) >= 11 is 6.82. The summed E-state index contributed by atoms with van der Waals surface area (Å²) < 4.78 is 0. The van der Waals surface area contributed by atoms with Gasteiger partial charge in [0.05, 0.1) is 4.88 Å². The monoisotopic (exact) mass is 363 g/mol. The van der Waals surface area contributed by atoms with Crippen molar-refractivity contribution in [2.45, 2.75) is 51.5 Å². The third kappa shape index (κ3) is 3.06. The average molecular weight is 364 g/mol. The van der Waals surface area contributed by atoms with Gasteiger partial charge in [-0.15, -0.1) is 11.3 Å². The van der Waals surface area contributed by atoms with Crippen molar-refractivity contribution in [2.24, 2.45) is 23.2 Å². The van der Waals surface area contributed by atoms with Crippen molar-refractivity contribution in [2.75, 3.05) is 0 Å². The Labute approximate surface area is 152 Å². The van der Waals surface area contributed by atoms with Crippen molar-refractivity contribution in [1.29, 1.82) is 0 Å². The highest BCUT2D eigenvalue weighted by Crippen LogP contribution is 2.61. The largest absolute Gasteiger partial charge is 0.358 e. The lowest BCUT2D eigenvalue weighted by Crippen LogP contribution is -2.58. The zero-order valence-corrected chi connectivity index (χ0v) is 15.6. The van der Waals surface area contributed by atoms with Crippen molar-refractivity contribution in [3.8, 4) is 0 Å². The van der Waals surface area contributed by atoms with Gasteiger partial charge in [0, 0.05) is 6.04 Å². The van der Waals surface area contributed by atoms with Crippen molar-refractivity contribution in [3.63, 3.8) is 0 Å². The molecule has 3 N–H and O–H groups in total. The number of thiophene rings is 1. The van der Waals surface area contributed by atoms with Gasteiger partial charge in [-0.05, 0) is 92.3 Å². The van der Waals surface area contributed by atoms with E-state index in [4.69, 9.17) is 12.2 Å². The molecular formula is C18H25N3OS2. The van der Waals surface area contributed by atoms with E-state index < -0.39 is 0 Å². The van der Waals surface area contributed by atoms with E-state index in [2.05, 4.69) is 23.1 Å². The number of hydrogen-bond donors (Lipinski definition) is 3. The molecule has 1 heterocycles. The SMILES string of the molecule is C[C@@H](NC(=S)NNC(=O)c1cccs1)C12CC3CC(CC(C3)C1)C2. The number of hydrogen-bond acceptors (Lipinski definition) is 3. The van der Waals surface area contributed by atoms with Gasteiger partial charge in [-0.2, -0.15) is 0 Å². The van der Waals surface area contributed by atoms with Crippen LogP contribution in [0.25, 0.3) is 0 Å². The maximum Gasteiger partial charge on any atom is 0.279 e. The second-order valence-electron chi connectivity index (χ2n) is 8.03. The second kappa shape index (κ2) is 6.30. The molecule has 4 aliphatic rings. The highest BCUT2D eigenvalue weighted by atomic mass is 32.1. The van der Waals surface area contributed by atoms with Crippen molar-refractivity contribution in [1.82, 2.24) is 16.2 Å². The molecule has 0 unspecified atom stereocenters. The van der Waals surface area contributed by atoms with Gasteiger partial charge >= 0.3 is 0 Å². The Kier molecular flexibility index (Phi) is 4.29. The molecule has 0 radical (unpaired) electrons. The Morgan fingerprint density at radius 3 is 2.38 bits per heavy atom. The van der Waals surface area contributed by atoms with Crippen LogP contribution >= 0.6 is 23.6 Å². The van der Waals surface area contributed by atoms with E-state index in [1.165, 1.54) is 49.9 Å². The van der Waals surface area contributed by atoms with E-state index in [1.807, 2.05) is 11.4 Å². The average Bonchev–Trinajstić information content (AvgIpc) is 3.05. The van der Waals surface area contributed by atoms with Crippen LogP contribution in [0.4, 0.5) is 0 Å². The van der Waals surface area contributed by atoms with E-state index in [-0.39, 0.29) is 5.91 Å². The summed E-state index contributed by atoms with van der Waals surface area (Å²) in [6.45, 7) is 2.27. The molecule has 0 aromatic carbocycles. The molecule has 4 nitrogen and oxygen atoms in total. The number of nitrogens with one attached hydrogen (secondary N) is 3. The van der Waals surface area contributed by atoms with Gasteiger partial charge in [0.15, 0.2) is 5.11 Å². The van der Waals surface area contributed by atoms with Gasteiger partial charge in [0.1, 0.15) is 0 Å². The Bertz CT molecular complexity index is 593. The topological polar surface area (TPSA) is 53.2 Å². The van der Waals surface area contributed by atoms with Crippen molar-refractivity contribution < 1.29 is 4.79 Å². The van der Waals surface area contributed by atoms with Gasteiger partial charge in [0.2, 0.25) is 0 Å². The lowest BCUT2D eigenvalue weighted by molar-refractivity contribution is -0.0672. The normalized spacial score (nSPS) is 34.6. The van der Waals surface area contributed by atoms with Gasteiger partial charge in [-0.3, -0.25) is 15.6 Å². The van der Waals surface area contributed by atoms with Crippen LogP contribution < -0.4 is 16.2 Å². The minimum atomic E-state index is -0.142. The first-order chi connectivity index (χ1) is 11.5. The molecule has 1 atom stereocenters. The molecule has 4 fully saturated rings. The van der Waals surface area contributed by atoms with E-state index >= 15 is 0 Å². The molecule has 1 aromatic rings. The molecule has 0 aliphatic heterocycles. The van der Waals surface area contributed by atoms with Crippen LogP contribution in [0.15, 0.2) is 17.5 Å². The van der Waals surface area contributed by atoms with Crippen LogP contribution in [0.3, 0.4) is 0 Å². The molecule has 4 aliphatic carbocycles. The summed E-state index contributed by atoms with van der Waals surface area (Å²) in [4.78, 5) is 12.6.